The van der Waals surface area contributed by atoms with Gasteiger partial charge in [0, 0.05) is 19.3 Å². The van der Waals surface area contributed by atoms with Crippen molar-refractivity contribution in [2.24, 2.45) is 0 Å². The van der Waals surface area contributed by atoms with Crippen LogP contribution in [0.2, 0.25) is 0 Å². The van der Waals surface area contributed by atoms with Crippen LogP contribution < -0.4 is 0 Å². The van der Waals surface area contributed by atoms with Crippen molar-refractivity contribution >= 4 is 5.97 Å². The Morgan fingerprint density at radius 1 is 0.944 bits per heavy atom. The first kappa shape index (κ1) is 17.3. The molecule has 18 heavy (non-hydrogen) atoms. The van der Waals surface area contributed by atoms with Gasteiger partial charge in [-0.3, -0.25) is 4.79 Å². The van der Waals surface area contributed by atoms with E-state index in [-0.39, 0.29) is 19.3 Å². The van der Waals surface area contributed by atoms with E-state index >= 15 is 0 Å². The first-order chi connectivity index (χ1) is 8.48. The van der Waals surface area contributed by atoms with E-state index in [0.717, 1.165) is 32.1 Å². The van der Waals surface area contributed by atoms with Crippen LogP contribution in [0.25, 0.3) is 0 Å². The number of carbonyl (C=O) groups is 1. The maximum absolute atomic E-state index is 13.4. The second kappa shape index (κ2) is 10.3. The van der Waals surface area contributed by atoms with Gasteiger partial charge >= 0.3 is 5.97 Å². The van der Waals surface area contributed by atoms with Gasteiger partial charge in [-0.2, -0.15) is 0 Å². The van der Waals surface area contributed by atoms with Gasteiger partial charge in [-0.05, 0) is 19.3 Å². The molecule has 0 aliphatic rings. The van der Waals surface area contributed by atoms with Gasteiger partial charge in [0.05, 0.1) is 0 Å². The number of halogens is 2. The molecule has 0 atom stereocenters. The fourth-order valence-electron chi connectivity index (χ4n) is 1.95. The Morgan fingerprint density at radius 3 is 2.00 bits per heavy atom. The molecule has 108 valence electrons. The zero-order valence-electron chi connectivity index (χ0n) is 11.4. The molecular weight excluding hydrogens is 238 g/mol. The van der Waals surface area contributed by atoms with Crippen molar-refractivity contribution in [3.05, 3.63) is 0 Å². The highest BCUT2D eigenvalue weighted by Gasteiger charge is 2.26. The molecular formula is C14H26F2O2. The van der Waals surface area contributed by atoms with Gasteiger partial charge in [0.25, 0.3) is 0 Å². The summed E-state index contributed by atoms with van der Waals surface area (Å²) in [6.45, 7) is 2.01. The third-order valence-corrected chi connectivity index (χ3v) is 3.08. The Balaban J connectivity index is 3.38. The molecule has 0 bridgehead atoms. The van der Waals surface area contributed by atoms with Gasteiger partial charge < -0.3 is 5.11 Å². The highest BCUT2D eigenvalue weighted by Crippen LogP contribution is 2.28. The van der Waals surface area contributed by atoms with Crippen molar-refractivity contribution in [2.45, 2.75) is 83.5 Å². The van der Waals surface area contributed by atoms with Crippen molar-refractivity contribution in [1.29, 1.82) is 0 Å². The van der Waals surface area contributed by atoms with Crippen LogP contribution in [0.1, 0.15) is 77.6 Å². The first-order valence-electron chi connectivity index (χ1n) is 7.07. The summed E-state index contributed by atoms with van der Waals surface area (Å²) in [4.78, 5) is 10.2. The molecule has 0 amide bonds. The van der Waals surface area contributed by atoms with E-state index in [9.17, 15) is 13.6 Å². The van der Waals surface area contributed by atoms with Crippen LogP contribution in [0.4, 0.5) is 8.78 Å². The fraction of sp³-hybridized carbons (Fsp3) is 0.929. The fourth-order valence-corrected chi connectivity index (χ4v) is 1.95. The zero-order valence-corrected chi connectivity index (χ0v) is 11.4. The molecule has 0 aliphatic carbocycles. The minimum absolute atomic E-state index is 0.0137. The average molecular weight is 264 g/mol. The van der Waals surface area contributed by atoms with Crippen LogP contribution in [0.15, 0.2) is 0 Å². The van der Waals surface area contributed by atoms with E-state index < -0.39 is 11.9 Å². The third-order valence-electron chi connectivity index (χ3n) is 3.08. The highest BCUT2D eigenvalue weighted by molar-refractivity contribution is 5.66. The molecule has 0 saturated heterocycles. The van der Waals surface area contributed by atoms with E-state index in [4.69, 9.17) is 5.11 Å². The van der Waals surface area contributed by atoms with Gasteiger partial charge in [0.1, 0.15) is 0 Å². The Labute approximate surface area is 109 Å². The molecule has 1 N–H and O–H groups in total. The molecule has 0 aromatic carbocycles. The van der Waals surface area contributed by atoms with Crippen LogP contribution in [0.5, 0.6) is 0 Å². The van der Waals surface area contributed by atoms with Crippen LogP contribution >= 0.6 is 0 Å². The lowest BCUT2D eigenvalue weighted by molar-refractivity contribution is -0.137. The smallest absolute Gasteiger partial charge is 0.303 e. The number of unbranched alkanes of at least 4 members (excludes halogenated alkanes) is 6. The molecule has 0 saturated carbocycles. The highest BCUT2D eigenvalue weighted by atomic mass is 19.3. The lowest BCUT2D eigenvalue weighted by atomic mass is 10.0. The molecule has 0 spiro atoms. The SMILES string of the molecule is CCCCCC(F)(F)CCCCCCCC(=O)O. The summed E-state index contributed by atoms with van der Waals surface area (Å²) in [5, 5.41) is 8.43. The monoisotopic (exact) mass is 264 g/mol. The molecule has 0 aromatic rings. The van der Waals surface area contributed by atoms with Gasteiger partial charge in [0.2, 0.25) is 5.92 Å². The normalized spacial score (nSPS) is 11.7. The third kappa shape index (κ3) is 11.8. The average Bonchev–Trinajstić information content (AvgIpc) is 2.27. The van der Waals surface area contributed by atoms with Crippen LogP contribution in [0.3, 0.4) is 0 Å². The molecule has 4 heteroatoms. The maximum atomic E-state index is 13.4. The second-order valence-electron chi connectivity index (χ2n) is 4.97. The van der Waals surface area contributed by atoms with Crippen molar-refractivity contribution in [1.82, 2.24) is 0 Å². The summed E-state index contributed by atoms with van der Waals surface area (Å²) in [5.41, 5.74) is 0. The summed E-state index contributed by atoms with van der Waals surface area (Å²) >= 11 is 0. The Hall–Kier alpha value is -0.670. The Morgan fingerprint density at radius 2 is 1.44 bits per heavy atom. The van der Waals surface area contributed by atoms with Crippen LogP contribution in [-0.2, 0) is 4.79 Å². The lowest BCUT2D eigenvalue weighted by Crippen LogP contribution is -2.15. The van der Waals surface area contributed by atoms with Crippen LogP contribution in [-0.4, -0.2) is 17.0 Å². The number of alkyl halides is 2. The molecule has 0 unspecified atom stereocenters. The minimum atomic E-state index is -2.50. The van der Waals surface area contributed by atoms with Crippen molar-refractivity contribution < 1.29 is 18.7 Å². The Kier molecular flexibility index (Phi) is 9.89. The van der Waals surface area contributed by atoms with Gasteiger partial charge in [-0.1, -0.05) is 39.0 Å². The van der Waals surface area contributed by atoms with Crippen molar-refractivity contribution in [3.63, 3.8) is 0 Å². The molecule has 0 aromatic heterocycles. The number of carboxylic acid groups (broad SMARTS) is 1. The van der Waals surface area contributed by atoms with Crippen LogP contribution in [0, 0.1) is 0 Å². The summed E-state index contributed by atoms with van der Waals surface area (Å²) in [6, 6.07) is 0. The summed E-state index contributed by atoms with van der Waals surface area (Å²) in [7, 11) is 0. The molecule has 0 radical (unpaired) electrons. The van der Waals surface area contributed by atoms with Gasteiger partial charge in [-0.15, -0.1) is 0 Å². The summed E-state index contributed by atoms with van der Waals surface area (Å²) in [6.07, 6.45) is 6.32. The molecule has 2 nitrogen and oxygen atoms in total. The summed E-state index contributed by atoms with van der Waals surface area (Å²) < 4.78 is 26.7. The predicted molar refractivity (Wildman–Crippen MR) is 69.0 cm³/mol. The van der Waals surface area contributed by atoms with Crippen molar-refractivity contribution in [2.75, 3.05) is 0 Å². The quantitative estimate of drug-likeness (QED) is 0.503. The standard InChI is InChI=1S/C14H26F2O2/c1-2-3-8-11-14(15,16)12-9-6-4-5-7-10-13(17)18/h2-12H2,1H3,(H,17,18). The molecule has 0 fully saturated rings. The molecule has 0 rings (SSSR count). The van der Waals surface area contributed by atoms with E-state index in [1.807, 2.05) is 6.92 Å². The largest absolute Gasteiger partial charge is 0.481 e. The lowest BCUT2D eigenvalue weighted by Gasteiger charge is -2.15. The Bertz CT molecular complexity index is 218. The second-order valence-corrected chi connectivity index (χ2v) is 4.97. The molecule has 0 aliphatic heterocycles. The maximum Gasteiger partial charge on any atom is 0.303 e. The number of hydrogen-bond acceptors (Lipinski definition) is 1. The van der Waals surface area contributed by atoms with E-state index in [1.165, 1.54) is 0 Å². The van der Waals surface area contributed by atoms with Crippen molar-refractivity contribution in [3.8, 4) is 0 Å². The number of aliphatic carboxylic acids is 1. The number of rotatable bonds is 12. The van der Waals surface area contributed by atoms with E-state index in [1.54, 1.807) is 0 Å². The van der Waals surface area contributed by atoms with E-state index in [0.29, 0.717) is 19.3 Å². The van der Waals surface area contributed by atoms with E-state index in [2.05, 4.69) is 0 Å². The van der Waals surface area contributed by atoms with Gasteiger partial charge in [0.15, 0.2) is 0 Å². The van der Waals surface area contributed by atoms with Gasteiger partial charge in [-0.25, -0.2) is 8.78 Å². The summed E-state index contributed by atoms with van der Waals surface area (Å²) in [5.74, 6) is -3.28. The topological polar surface area (TPSA) is 37.3 Å². The molecule has 0 heterocycles. The first-order valence-corrected chi connectivity index (χ1v) is 7.07. The number of hydrogen-bond donors (Lipinski definition) is 1. The predicted octanol–water partition coefficient (Wildman–Crippen LogP) is 5.02. The minimum Gasteiger partial charge on any atom is -0.481 e. The zero-order chi connectivity index (χ0) is 13.9. The number of carboxylic acids is 1.